The molecule has 3 aromatic rings. The normalized spacial score (nSPS) is 10.3. The van der Waals surface area contributed by atoms with Gasteiger partial charge in [0.25, 0.3) is 0 Å². The zero-order chi connectivity index (χ0) is 16.1. The third-order valence-electron chi connectivity index (χ3n) is 3.12. The molecule has 116 valence electrons. The number of carbonyl (C=O) groups excluding carboxylic acids is 1. The van der Waals surface area contributed by atoms with E-state index in [1.165, 1.54) is 35.6 Å². The minimum absolute atomic E-state index is 0.338. The summed E-state index contributed by atoms with van der Waals surface area (Å²) in [6.07, 6.45) is 0. The van der Waals surface area contributed by atoms with E-state index in [1.807, 2.05) is 35.7 Å². The van der Waals surface area contributed by atoms with Crippen LogP contribution in [0.2, 0.25) is 0 Å². The van der Waals surface area contributed by atoms with Crippen molar-refractivity contribution in [3.63, 3.8) is 0 Å². The zero-order valence-electron chi connectivity index (χ0n) is 12.1. The smallest absolute Gasteiger partial charge is 0.319 e. The number of carbonyl (C=O) groups is 1. The number of hydrogen-bond donors (Lipinski definition) is 2. The Labute approximate surface area is 137 Å². The minimum Gasteiger partial charge on any atom is -0.331 e. The Kier molecular flexibility index (Phi) is 4.63. The van der Waals surface area contributed by atoms with Crippen molar-refractivity contribution in [1.82, 2.24) is 10.3 Å². The van der Waals surface area contributed by atoms with Crippen molar-refractivity contribution in [3.8, 4) is 11.3 Å². The summed E-state index contributed by atoms with van der Waals surface area (Å²) in [5.74, 6) is -0.341. The highest BCUT2D eigenvalue weighted by atomic mass is 32.1. The number of nitrogens with zero attached hydrogens (tertiary/aromatic N) is 1. The van der Waals surface area contributed by atoms with Crippen LogP contribution in [0.5, 0.6) is 0 Å². The molecule has 0 aliphatic heterocycles. The number of benzene rings is 2. The van der Waals surface area contributed by atoms with Crippen LogP contribution in [0.3, 0.4) is 0 Å². The molecule has 0 atom stereocenters. The van der Waals surface area contributed by atoms with Gasteiger partial charge >= 0.3 is 6.03 Å². The fourth-order valence-corrected chi connectivity index (χ4v) is 2.74. The molecule has 0 bridgehead atoms. The van der Waals surface area contributed by atoms with Gasteiger partial charge in [0.15, 0.2) is 0 Å². The van der Waals surface area contributed by atoms with E-state index in [9.17, 15) is 9.18 Å². The third-order valence-corrected chi connectivity index (χ3v) is 3.97. The largest absolute Gasteiger partial charge is 0.331 e. The molecule has 0 spiro atoms. The number of thiazole rings is 1. The van der Waals surface area contributed by atoms with Gasteiger partial charge in [-0.1, -0.05) is 30.3 Å². The second-order valence-corrected chi connectivity index (χ2v) is 5.75. The summed E-state index contributed by atoms with van der Waals surface area (Å²) in [4.78, 5) is 16.3. The molecule has 2 N–H and O–H groups in total. The monoisotopic (exact) mass is 327 g/mol. The van der Waals surface area contributed by atoms with Crippen molar-refractivity contribution < 1.29 is 9.18 Å². The van der Waals surface area contributed by atoms with Gasteiger partial charge in [-0.2, -0.15) is 0 Å². The van der Waals surface area contributed by atoms with Gasteiger partial charge in [-0.05, 0) is 24.3 Å². The van der Waals surface area contributed by atoms with E-state index >= 15 is 0 Å². The molecule has 2 aromatic carbocycles. The molecule has 1 heterocycles. The van der Waals surface area contributed by atoms with Gasteiger partial charge in [0.05, 0.1) is 12.2 Å². The first-order valence-corrected chi connectivity index (χ1v) is 7.89. The Bertz CT molecular complexity index is 787. The maximum absolute atomic E-state index is 12.8. The number of amides is 2. The number of nitrogens with one attached hydrogen (secondary N) is 2. The Morgan fingerprint density at radius 3 is 2.57 bits per heavy atom. The molecule has 4 nitrogen and oxygen atoms in total. The molecule has 0 radical (unpaired) electrons. The van der Waals surface area contributed by atoms with Crippen LogP contribution in [-0.4, -0.2) is 11.0 Å². The summed E-state index contributed by atoms with van der Waals surface area (Å²) in [5.41, 5.74) is 2.48. The van der Waals surface area contributed by atoms with E-state index in [0.717, 1.165) is 16.3 Å². The number of rotatable bonds is 4. The number of hydrogen-bond acceptors (Lipinski definition) is 3. The van der Waals surface area contributed by atoms with Gasteiger partial charge in [0, 0.05) is 16.6 Å². The lowest BCUT2D eigenvalue weighted by molar-refractivity contribution is 0.251. The highest BCUT2D eigenvalue weighted by Gasteiger charge is 2.06. The number of urea groups is 1. The first-order valence-electron chi connectivity index (χ1n) is 7.01. The molecular formula is C17H14FN3OS. The Balaban J connectivity index is 1.55. The third kappa shape index (κ3) is 4.14. The highest BCUT2D eigenvalue weighted by Crippen LogP contribution is 2.21. The van der Waals surface area contributed by atoms with Gasteiger partial charge in [-0.3, -0.25) is 0 Å². The Hall–Kier alpha value is -2.73. The number of aromatic nitrogens is 1. The van der Waals surface area contributed by atoms with Crippen LogP contribution in [0.4, 0.5) is 14.9 Å². The van der Waals surface area contributed by atoms with E-state index in [1.54, 1.807) is 0 Å². The second kappa shape index (κ2) is 7.02. The quantitative estimate of drug-likeness (QED) is 0.752. The molecule has 0 aliphatic carbocycles. The second-order valence-electron chi connectivity index (χ2n) is 4.81. The van der Waals surface area contributed by atoms with Crippen LogP contribution in [0.25, 0.3) is 11.3 Å². The molecule has 0 unspecified atom stereocenters. The lowest BCUT2D eigenvalue weighted by atomic mass is 10.2. The van der Waals surface area contributed by atoms with Crippen molar-refractivity contribution in [2.24, 2.45) is 0 Å². The Morgan fingerprint density at radius 2 is 1.83 bits per heavy atom. The Morgan fingerprint density at radius 1 is 1.09 bits per heavy atom. The van der Waals surface area contributed by atoms with E-state index in [4.69, 9.17) is 0 Å². The van der Waals surface area contributed by atoms with E-state index < -0.39 is 0 Å². The van der Waals surface area contributed by atoms with E-state index in [2.05, 4.69) is 15.6 Å². The molecule has 3 rings (SSSR count). The lowest BCUT2D eigenvalue weighted by Gasteiger charge is -2.06. The summed E-state index contributed by atoms with van der Waals surface area (Å²) in [6, 6.07) is 15.1. The van der Waals surface area contributed by atoms with Crippen molar-refractivity contribution in [2.75, 3.05) is 5.32 Å². The topological polar surface area (TPSA) is 54.0 Å². The molecule has 0 aliphatic rings. The van der Waals surface area contributed by atoms with E-state index in [-0.39, 0.29) is 11.8 Å². The molecule has 0 saturated carbocycles. The van der Waals surface area contributed by atoms with Crippen LogP contribution in [-0.2, 0) is 6.54 Å². The van der Waals surface area contributed by atoms with E-state index in [0.29, 0.717) is 12.2 Å². The summed E-state index contributed by atoms with van der Waals surface area (Å²) in [6.45, 7) is 0.338. The van der Waals surface area contributed by atoms with Gasteiger partial charge < -0.3 is 10.6 Å². The number of anilines is 1. The molecule has 0 saturated heterocycles. The maximum atomic E-state index is 12.8. The summed E-state index contributed by atoms with van der Waals surface area (Å²) in [7, 11) is 0. The average molecular weight is 327 g/mol. The van der Waals surface area contributed by atoms with Gasteiger partial charge in [0.2, 0.25) is 0 Å². The maximum Gasteiger partial charge on any atom is 0.319 e. The van der Waals surface area contributed by atoms with Crippen molar-refractivity contribution in [1.29, 1.82) is 0 Å². The molecule has 2 amide bonds. The van der Waals surface area contributed by atoms with Crippen molar-refractivity contribution >= 4 is 23.1 Å². The SMILES string of the molecule is O=C(NCc1nc(-c2ccccc2)cs1)Nc1ccc(F)cc1. The van der Waals surface area contributed by atoms with Crippen LogP contribution >= 0.6 is 11.3 Å². The summed E-state index contributed by atoms with van der Waals surface area (Å²) < 4.78 is 12.8. The zero-order valence-corrected chi connectivity index (χ0v) is 12.9. The van der Waals surface area contributed by atoms with Gasteiger partial charge in [-0.25, -0.2) is 14.2 Å². The predicted octanol–water partition coefficient (Wildman–Crippen LogP) is 4.27. The van der Waals surface area contributed by atoms with Gasteiger partial charge in [-0.15, -0.1) is 11.3 Å². The molecular weight excluding hydrogens is 313 g/mol. The average Bonchev–Trinajstić information content (AvgIpc) is 3.05. The van der Waals surface area contributed by atoms with Crippen LogP contribution in [0.1, 0.15) is 5.01 Å². The number of halogens is 1. The van der Waals surface area contributed by atoms with Gasteiger partial charge in [0.1, 0.15) is 10.8 Å². The standard InChI is InChI=1S/C17H14FN3OS/c18-13-6-8-14(9-7-13)20-17(22)19-10-16-21-15(11-23-16)12-4-2-1-3-5-12/h1-9,11H,10H2,(H2,19,20,22). The molecule has 0 fully saturated rings. The van der Waals surface area contributed by atoms with Crippen molar-refractivity contribution in [3.05, 3.63) is 70.8 Å². The first-order chi connectivity index (χ1) is 11.2. The molecule has 6 heteroatoms. The highest BCUT2D eigenvalue weighted by molar-refractivity contribution is 7.09. The van der Waals surface area contributed by atoms with Crippen LogP contribution in [0.15, 0.2) is 60.0 Å². The lowest BCUT2D eigenvalue weighted by Crippen LogP contribution is -2.28. The summed E-state index contributed by atoms with van der Waals surface area (Å²) >= 11 is 1.49. The van der Waals surface area contributed by atoms with Crippen LogP contribution in [0, 0.1) is 5.82 Å². The molecule has 23 heavy (non-hydrogen) atoms. The summed E-state index contributed by atoms with van der Waals surface area (Å²) in [5, 5.41) is 8.15. The first kappa shape index (κ1) is 15.2. The predicted molar refractivity (Wildman–Crippen MR) is 89.8 cm³/mol. The fraction of sp³-hybridized carbons (Fsp3) is 0.0588. The minimum atomic E-state index is -0.354. The van der Waals surface area contributed by atoms with Crippen LogP contribution < -0.4 is 10.6 Å². The molecule has 1 aromatic heterocycles. The fourth-order valence-electron chi connectivity index (χ4n) is 2.00. The van der Waals surface area contributed by atoms with Crippen molar-refractivity contribution in [2.45, 2.75) is 6.54 Å².